The molecule has 2 amide bonds. The molecular formula is C21H21F3N2O5S. The first-order chi connectivity index (χ1) is 14.9. The van der Waals surface area contributed by atoms with Crippen molar-refractivity contribution in [2.75, 3.05) is 24.7 Å². The normalized spacial score (nSPS) is 15.4. The van der Waals surface area contributed by atoms with E-state index in [2.05, 4.69) is 5.32 Å². The molecular weight excluding hydrogens is 449 g/mol. The van der Waals surface area contributed by atoms with Gasteiger partial charge in [0, 0.05) is 19.3 Å². The Morgan fingerprint density at radius 2 is 1.72 bits per heavy atom. The van der Waals surface area contributed by atoms with Crippen molar-refractivity contribution in [3.05, 3.63) is 59.2 Å². The van der Waals surface area contributed by atoms with Gasteiger partial charge in [0.05, 0.1) is 21.7 Å². The highest BCUT2D eigenvalue weighted by atomic mass is 32.2. The number of nitrogens with one attached hydrogen (secondary N) is 1. The molecule has 0 aromatic heterocycles. The van der Waals surface area contributed by atoms with Crippen molar-refractivity contribution >= 4 is 27.5 Å². The van der Waals surface area contributed by atoms with E-state index in [4.69, 9.17) is 0 Å². The van der Waals surface area contributed by atoms with Gasteiger partial charge >= 0.3 is 18.2 Å². The van der Waals surface area contributed by atoms with Crippen molar-refractivity contribution in [1.29, 1.82) is 0 Å². The van der Waals surface area contributed by atoms with Crippen molar-refractivity contribution in [3.8, 4) is 0 Å². The minimum absolute atomic E-state index is 0.0700. The summed E-state index contributed by atoms with van der Waals surface area (Å²) < 4.78 is 63.2. The van der Waals surface area contributed by atoms with Crippen LogP contribution in [0.4, 0.5) is 23.7 Å². The van der Waals surface area contributed by atoms with Crippen molar-refractivity contribution in [2.45, 2.75) is 29.8 Å². The van der Waals surface area contributed by atoms with Crippen LogP contribution in [0.3, 0.4) is 0 Å². The average Bonchev–Trinajstić information content (AvgIpc) is 2.72. The summed E-state index contributed by atoms with van der Waals surface area (Å²) in [6, 6.07) is 8.13. The van der Waals surface area contributed by atoms with Crippen LogP contribution >= 0.6 is 0 Å². The van der Waals surface area contributed by atoms with Crippen LogP contribution in [0.25, 0.3) is 0 Å². The van der Waals surface area contributed by atoms with Crippen LogP contribution in [0.1, 0.15) is 40.2 Å². The highest BCUT2D eigenvalue weighted by Gasteiger charge is 2.36. The zero-order chi connectivity index (χ0) is 23.7. The maximum atomic E-state index is 13.3. The third-order valence-electron chi connectivity index (χ3n) is 5.38. The number of amides is 2. The number of alkyl halides is 3. The second kappa shape index (κ2) is 8.81. The number of carbonyl (C=O) groups is 2. The summed E-state index contributed by atoms with van der Waals surface area (Å²) in [6.07, 6.45) is -2.89. The monoisotopic (exact) mass is 470 g/mol. The first-order valence-electron chi connectivity index (χ1n) is 9.67. The molecule has 32 heavy (non-hydrogen) atoms. The Kier molecular flexibility index (Phi) is 6.49. The Morgan fingerprint density at radius 3 is 2.28 bits per heavy atom. The van der Waals surface area contributed by atoms with Crippen molar-refractivity contribution in [3.63, 3.8) is 0 Å². The van der Waals surface area contributed by atoms with Crippen LogP contribution in [-0.2, 0) is 16.0 Å². The SMILES string of the molecule is CS(=O)(=O)c1ccc(NC(=O)N2CCC(c3ccccc3C(F)(F)F)CC2)c(C(=O)O)c1. The summed E-state index contributed by atoms with van der Waals surface area (Å²) in [7, 11) is -3.64. The Balaban J connectivity index is 1.72. The van der Waals surface area contributed by atoms with E-state index in [0.717, 1.165) is 18.4 Å². The van der Waals surface area contributed by atoms with E-state index in [-0.39, 0.29) is 40.7 Å². The van der Waals surface area contributed by atoms with Gasteiger partial charge in [0.2, 0.25) is 0 Å². The van der Waals surface area contributed by atoms with E-state index in [1.807, 2.05) is 0 Å². The highest BCUT2D eigenvalue weighted by molar-refractivity contribution is 7.90. The van der Waals surface area contributed by atoms with Gasteiger partial charge in [-0.3, -0.25) is 0 Å². The van der Waals surface area contributed by atoms with Crippen LogP contribution in [0.5, 0.6) is 0 Å². The van der Waals surface area contributed by atoms with Gasteiger partial charge < -0.3 is 15.3 Å². The van der Waals surface area contributed by atoms with Crippen LogP contribution < -0.4 is 5.32 Å². The molecule has 0 atom stereocenters. The smallest absolute Gasteiger partial charge is 0.416 e. The number of sulfone groups is 1. The van der Waals surface area contributed by atoms with Gasteiger partial charge in [0.1, 0.15) is 0 Å². The fourth-order valence-electron chi connectivity index (χ4n) is 3.74. The Bertz CT molecular complexity index is 1140. The molecule has 2 aromatic rings. The molecule has 0 saturated carbocycles. The lowest BCUT2D eigenvalue weighted by atomic mass is 9.86. The van der Waals surface area contributed by atoms with Gasteiger partial charge in [-0.15, -0.1) is 0 Å². The number of rotatable bonds is 4. The van der Waals surface area contributed by atoms with Crippen molar-refractivity contribution in [2.24, 2.45) is 0 Å². The second-order valence-electron chi connectivity index (χ2n) is 7.56. The lowest BCUT2D eigenvalue weighted by Crippen LogP contribution is -2.41. The van der Waals surface area contributed by atoms with E-state index in [9.17, 15) is 36.3 Å². The third kappa shape index (κ3) is 5.21. The maximum absolute atomic E-state index is 13.3. The molecule has 0 spiro atoms. The molecule has 3 rings (SSSR count). The fraction of sp³-hybridized carbons (Fsp3) is 0.333. The Hall–Kier alpha value is -3.08. The van der Waals surface area contributed by atoms with E-state index >= 15 is 0 Å². The molecule has 1 heterocycles. The number of aromatic carboxylic acids is 1. The van der Waals surface area contributed by atoms with Crippen LogP contribution in [0.15, 0.2) is 47.4 Å². The summed E-state index contributed by atoms with van der Waals surface area (Å²) in [6.45, 7) is 0.374. The topological polar surface area (TPSA) is 104 Å². The van der Waals surface area contributed by atoms with Gasteiger partial charge in [0.25, 0.3) is 0 Å². The zero-order valence-corrected chi connectivity index (χ0v) is 17.8. The first-order valence-corrected chi connectivity index (χ1v) is 11.6. The maximum Gasteiger partial charge on any atom is 0.416 e. The number of hydrogen-bond acceptors (Lipinski definition) is 4. The molecule has 1 fully saturated rings. The standard InChI is InChI=1S/C21H21F3N2O5S/c1-32(30,31)14-6-7-18(16(12-14)19(27)28)25-20(29)26-10-8-13(9-11-26)15-4-2-3-5-17(15)21(22,23)24/h2-7,12-13H,8-11H2,1H3,(H,25,29)(H,27,28). The van der Waals surface area contributed by atoms with E-state index in [0.29, 0.717) is 12.8 Å². The van der Waals surface area contributed by atoms with Crippen LogP contribution in [-0.4, -0.2) is 49.8 Å². The average molecular weight is 470 g/mol. The number of hydrogen-bond donors (Lipinski definition) is 2. The Labute approximate surface area is 182 Å². The number of carboxylic acids is 1. The minimum atomic E-state index is -4.46. The van der Waals surface area contributed by atoms with Gasteiger partial charge in [-0.2, -0.15) is 13.2 Å². The summed E-state index contributed by atoms with van der Waals surface area (Å²) in [5.41, 5.74) is -0.931. The number of carboxylic acid groups (broad SMARTS) is 1. The summed E-state index contributed by atoms with van der Waals surface area (Å²) in [5, 5.41) is 11.8. The number of anilines is 1. The first kappa shape index (κ1) is 23.6. The van der Waals surface area contributed by atoms with Gasteiger partial charge in [0.15, 0.2) is 9.84 Å². The second-order valence-corrected chi connectivity index (χ2v) is 9.58. The molecule has 0 unspecified atom stereocenters. The number of benzene rings is 2. The number of piperidine rings is 1. The summed E-state index contributed by atoms with van der Waals surface area (Å²) in [4.78, 5) is 25.3. The van der Waals surface area contributed by atoms with E-state index < -0.39 is 33.6 Å². The zero-order valence-electron chi connectivity index (χ0n) is 17.0. The van der Waals surface area contributed by atoms with Crippen LogP contribution in [0.2, 0.25) is 0 Å². The van der Waals surface area contributed by atoms with E-state index in [1.54, 1.807) is 6.07 Å². The molecule has 7 nitrogen and oxygen atoms in total. The molecule has 1 saturated heterocycles. The number of likely N-dealkylation sites (tertiary alicyclic amines) is 1. The van der Waals surface area contributed by atoms with Crippen molar-refractivity contribution in [1.82, 2.24) is 4.90 Å². The Morgan fingerprint density at radius 1 is 1.09 bits per heavy atom. The molecule has 11 heteroatoms. The number of urea groups is 1. The lowest BCUT2D eigenvalue weighted by molar-refractivity contribution is -0.138. The quantitative estimate of drug-likeness (QED) is 0.697. The number of halogens is 3. The van der Waals surface area contributed by atoms with Crippen LogP contribution in [0, 0.1) is 0 Å². The number of carbonyl (C=O) groups excluding carboxylic acids is 1. The molecule has 2 N–H and O–H groups in total. The lowest BCUT2D eigenvalue weighted by Gasteiger charge is -2.33. The minimum Gasteiger partial charge on any atom is -0.478 e. The molecule has 0 radical (unpaired) electrons. The summed E-state index contributed by atoms with van der Waals surface area (Å²) >= 11 is 0. The number of nitrogens with zero attached hydrogens (tertiary/aromatic N) is 1. The van der Waals surface area contributed by atoms with Crippen molar-refractivity contribution < 1.29 is 36.3 Å². The third-order valence-corrected chi connectivity index (χ3v) is 6.49. The van der Waals surface area contributed by atoms with Gasteiger partial charge in [-0.25, -0.2) is 18.0 Å². The molecule has 2 aromatic carbocycles. The fourth-order valence-corrected chi connectivity index (χ4v) is 4.39. The molecule has 0 aliphatic carbocycles. The predicted molar refractivity (Wildman–Crippen MR) is 111 cm³/mol. The van der Waals surface area contributed by atoms with Gasteiger partial charge in [-0.05, 0) is 48.6 Å². The predicted octanol–water partition coefficient (Wildman–Crippen LogP) is 4.22. The van der Waals surface area contributed by atoms with E-state index in [1.165, 1.54) is 29.2 Å². The largest absolute Gasteiger partial charge is 0.478 e. The molecule has 1 aliphatic rings. The molecule has 172 valence electrons. The molecule has 0 bridgehead atoms. The van der Waals surface area contributed by atoms with Gasteiger partial charge in [-0.1, -0.05) is 18.2 Å². The highest BCUT2D eigenvalue weighted by Crippen LogP contribution is 2.38. The summed E-state index contributed by atoms with van der Waals surface area (Å²) in [5.74, 6) is -1.77. The molecule has 1 aliphatic heterocycles.